The summed E-state index contributed by atoms with van der Waals surface area (Å²) < 4.78 is 52.5. The van der Waals surface area contributed by atoms with Crippen LogP contribution in [-0.2, 0) is 6.18 Å². The third-order valence-corrected chi connectivity index (χ3v) is 6.05. The highest BCUT2D eigenvalue weighted by molar-refractivity contribution is 7.99. The zero-order valence-corrected chi connectivity index (χ0v) is 19.7. The van der Waals surface area contributed by atoms with E-state index in [1.807, 2.05) is 20.8 Å². The molecule has 0 saturated heterocycles. The number of halogens is 3. The highest BCUT2D eigenvalue weighted by Crippen LogP contribution is 2.38. The highest BCUT2D eigenvalue weighted by atomic mass is 32.2. The van der Waals surface area contributed by atoms with E-state index in [1.54, 1.807) is 42.0 Å². The van der Waals surface area contributed by atoms with Crippen LogP contribution in [0.4, 0.5) is 13.2 Å². The molecule has 2 aromatic carbocycles. The zero-order valence-electron chi connectivity index (χ0n) is 18.9. The summed E-state index contributed by atoms with van der Waals surface area (Å²) in [5.74, 6) is 2.13. The lowest BCUT2D eigenvalue weighted by Crippen LogP contribution is -2.07. The van der Waals surface area contributed by atoms with Gasteiger partial charge in [0.25, 0.3) is 0 Å². The normalized spacial score (nSPS) is 12.8. The van der Waals surface area contributed by atoms with Gasteiger partial charge in [0.1, 0.15) is 5.75 Å². The van der Waals surface area contributed by atoms with Gasteiger partial charge in [-0.1, -0.05) is 36.8 Å². The number of ether oxygens (including phenoxy) is 1. The maximum absolute atomic E-state index is 13.4. The van der Waals surface area contributed by atoms with Gasteiger partial charge in [0.15, 0.2) is 16.8 Å². The van der Waals surface area contributed by atoms with Crippen LogP contribution in [-0.4, -0.2) is 32.0 Å². The number of methoxy groups -OCH3 is 1. The van der Waals surface area contributed by atoms with Gasteiger partial charge in [0.2, 0.25) is 5.89 Å². The van der Waals surface area contributed by atoms with Crippen LogP contribution >= 0.6 is 11.8 Å². The van der Waals surface area contributed by atoms with Crippen molar-refractivity contribution in [3.05, 3.63) is 65.8 Å². The number of hydrogen-bond acceptors (Lipinski definition) is 7. The van der Waals surface area contributed by atoms with Crippen LogP contribution in [0.25, 0.3) is 17.1 Å². The summed E-state index contributed by atoms with van der Waals surface area (Å²) in [6.45, 7) is 5.77. The van der Waals surface area contributed by atoms with Crippen LogP contribution in [0.2, 0.25) is 0 Å². The van der Waals surface area contributed by atoms with Crippen molar-refractivity contribution in [1.82, 2.24) is 24.9 Å². The van der Waals surface area contributed by atoms with Gasteiger partial charge in [-0.25, -0.2) is 0 Å². The fourth-order valence-electron chi connectivity index (χ4n) is 3.18. The van der Waals surface area contributed by atoms with Crippen molar-refractivity contribution in [2.45, 2.75) is 43.3 Å². The average Bonchev–Trinajstić information content (AvgIpc) is 3.47. The van der Waals surface area contributed by atoms with E-state index in [0.29, 0.717) is 34.0 Å². The van der Waals surface area contributed by atoms with Gasteiger partial charge in [-0.05, 0) is 49.4 Å². The molecule has 7 nitrogen and oxygen atoms in total. The summed E-state index contributed by atoms with van der Waals surface area (Å²) in [6, 6.07) is 12.1. The Morgan fingerprint density at radius 2 is 1.76 bits per heavy atom. The number of benzene rings is 2. The molecule has 0 aliphatic rings. The SMILES string of the molecule is COc1ccc(-c2nnc(SC(C)c3nc(C(C)C)no3)n2-c2cccc(C(F)(F)F)c2)cc1. The minimum atomic E-state index is -4.48. The first-order valence-electron chi connectivity index (χ1n) is 10.4. The quantitative estimate of drug-likeness (QED) is 0.281. The Kier molecular flexibility index (Phi) is 6.65. The predicted molar refractivity (Wildman–Crippen MR) is 121 cm³/mol. The van der Waals surface area contributed by atoms with Crippen molar-refractivity contribution >= 4 is 11.8 Å². The van der Waals surface area contributed by atoms with E-state index in [2.05, 4.69) is 20.3 Å². The summed E-state index contributed by atoms with van der Waals surface area (Å²) in [5, 5.41) is 12.6. The standard InChI is InChI=1S/C23H22F3N5O2S/c1-13(2)19-27-21(33-30-19)14(3)34-22-29-28-20(15-8-10-18(32-4)11-9-15)31(22)17-7-5-6-16(12-17)23(24,25)26/h5-14H,1-4H3. The van der Waals surface area contributed by atoms with Crippen molar-refractivity contribution in [1.29, 1.82) is 0 Å². The molecule has 0 aliphatic carbocycles. The Balaban J connectivity index is 1.78. The van der Waals surface area contributed by atoms with Gasteiger partial charge in [-0.3, -0.25) is 4.57 Å². The molecule has 0 spiro atoms. The molecule has 2 heterocycles. The fraction of sp³-hybridized carbons (Fsp3) is 0.304. The molecule has 0 amide bonds. The Labute approximate surface area is 198 Å². The van der Waals surface area contributed by atoms with Crippen LogP contribution < -0.4 is 4.74 Å². The highest BCUT2D eigenvalue weighted by Gasteiger charge is 2.31. The summed E-state index contributed by atoms with van der Waals surface area (Å²) in [4.78, 5) is 4.42. The van der Waals surface area contributed by atoms with Gasteiger partial charge in [-0.15, -0.1) is 10.2 Å². The van der Waals surface area contributed by atoms with Crippen molar-refractivity contribution in [2.24, 2.45) is 0 Å². The monoisotopic (exact) mass is 489 g/mol. The molecule has 11 heteroatoms. The van der Waals surface area contributed by atoms with Gasteiger partial charge in [0.05, 0.1) is 23.6 Å². The number of rotatable bonds is 7. The summed E-state index contributed by atoms with van der Waals surface area (Å²) in [5.41, 5.74) is 0.195. The van der Waals surface area contributed by atoms with E-state index in [-0.39, 0.29) is 16.9 Å². The molecule has 0 aliphatic heterocycles. The molecule has 0 saturated carbocycles. The molecule has 178 valence electrons. The first kappa shape index (κ1) is 23.8. The van der Waals surface area contributed by atoms with Gasteiger partial charge >= 0.3 is 6.18 Å². The number of hydrogen-bond donors (Lipinski definition) is 0. The molecule has 1 unspecified atom stereocenters. The second-order valence-corrected chi connectivity index (χ2v) is 9.13. The maximum atomic E-state index is 13.4. The van der Waals surface area contributed by atoms with E-state index >= 15 is 0 Å². The molecule has 0 fully saturated rings. The number of thioether (sulfide) groups is 1. The second-order valence-electron chi connectivity index (χ2n) is 7.82. The lowest BCUT2D eigenvalue weighted by atomic mass is 10.1. The Hall–Kier alpha value is -3.34. The molecule has 0 radical (unpaired) electrons. The van der Waals surface area contributed by atoms with Crippen LogP contribution in [0, 0.1) is 0 Å². The Morgan fingerprint density at radius 1 is 1.03 bits per heavy atom. The molecule has 0 N–H and O–H groups in total. The predicted octanol–water partition coefficient (Wildman–Crippen LogP) is 6.32. The number of aromatic nitrogens is 5. The third-order valence-electron chi connectivity index (χ3n) is 5.02. The van der Waals surface area contributed by atoms with E-state index in [9.17, 15) is 13.2 Å². The third kappa shape index (κ3) is 4.93. The van der Waals surface area contributed by atoms with E-state index in [4.69, 9.17) is 9.26 Å². The first-order valence-corrected chi connectivity index (χ1v) is 11.3. The minimum absolute atomic E-state index is 0.102. The summed E-state index contributed by atoms with van der Waals surface area (Å²) in [7, 11) is 1.55. The molecular formula is C23H22F3N5O2S. The van der Waals surface area contributed by atoms with Crippen molar-refractivity contribution in [2.75, 3.05) is 7.11 Å². The first-order chi connectivity index (χ1) is 16.2. The van der Waals surface area contributed by atoms with Crippen LogP contribution in [0.5, 0.6) is 5.75 Å². The Bertz CT molecular complexity index is 1270. The molecular weight excluding hydrogens is 467 g/mol. The molecule has 0 bridgehead atoms. The second kappa shape index (κ2) is 9.49. The molecule has 2 aromatic heterocycles. The lowest BCUT2D eigenvalue weighted by molar-refractivity contribution is -0.137. The van der Waals surface area contributed by atoms with Crippen LogP contribution in [0.15, 0.2) is 58.2 Å². The number of nitrogens with zero attached hydrogens (tertiary/aromatic N) is 5. The van der Waals surface area contributed by atoms with Crippen LogP contribution in [0.1, 0.15) is 49.2 Å². The topological polar surface area (TPSA) is 78.9 Å². The fourth-order valence-corrected chi connectivity index (χ4v) is 4.08. The van der Waals surface area contributed by atoms with Crippen molar-refractivity contribution < 1.29 is 22.4 Å². The average molecular weight is 490 g/mol. The summed E-state index contributed by atoms with van der Waals surface area (Å²) in [6.07, 6.45) is -4.48. The van der Waals surface area contributed by atoms with E-state index in [0.717, 1.165) is 12.1 Å². The smallest absolute Gasteiger partial charge is 0.416 e. The number of alkyl halides is 3. The maximum Gasteiger partial charge on any atom is 0.416 e. The lowest BCUT2D eigenvalue weighted by Gasteiger charge is -2.14. The molecule has 4 rings (SSSR count). The van der Waals surface area contributed by atoms with Gasteiger partial charge in [0, 0.05) is 11.5 Å². The van der Waals surface area contributed by atoms with E-state index in [1.165, 1.54) is 17.8 Å². The summed E-state index contributed by atoms with van der Waals surface area (Å²) >= 11 is 1.27. The van der Waals surface area contributed by atoms with Crippen molar-refractivity contribution in [3.8, 4) is 22.8 Å². The zero-order chi connectivity index (χ0) is 24.5. The van der Waals surface area contributed by atoms with E-state index < -0.39 is 11.7 Å². The van der Waals surface area contributed by atoms with Gasteiger partial charge < -0.3 is 9.26 Å². The molecule has 4 aromatic rings. The van der Waals surface area contributed by atoms with Gasteiger partial charge in [-0.2, -0.15) is 18.2 Å². The molecule has 34 heavy (non-hydrogen) atoms. The largest absolute Gasteiger partial charge is 0.497 e. The van der Waals surface area contributed by atoms with Crippen LogP contribution in [0.3, 0.4) is 0 Å². The minimum Gasteiger partial charge on any atom is -0.497 e. The molecule has 1 atom stereocenters. The Morgan fingerprint density at radius 3 is 2.38 bits per heavy atom. The van der Waals surface area contributed by atoms with Crippen molar-refractivity contribution in [3.63, 3.8) is 0 Å².